The number of carbonyl (C=O) groups is 2. The molecule has 1 heterocycles. The fourth-order valence-electron chi connectivity index (χ4n) is 1.15. The molecule has 0 saturated carbocycles. The Hall–Kier alpha value is -2.18. The summed E-state index contributed by atoms with van der Waals surface area (Å²) in [5, 5.41) is 13.7. The zero-order chi connectivity index (χ0) is 12.8. The van der Waals surface area contributed by atoms with Crippen LogP contribution in [0.15, 0.2) is 12.3 Å². The van der Waals surface area contributed by atoms with E-state index < -0.39 is 17.3 Å². The molecule has 0 aliphatic carbocycles. The summed E-state index contributed by atoms with van der Waals surface area (Å²) >= 11 is 0. The first-order chi connectivity index (χ1) is 8.06. The number of hydrogen-bond acceptors (Lipinski definition) is 4. The van der Waals surface area contributed by atoms with Gasteiger partial charge >= 0.3 is 5.97 Å². The Labute approximate surface area is 96.9 Å². The molecule has 6 nitrogen and oxygen atoms in total. The average molecular weight is 241 g/mol. The molecule has 0 spiro atoms. The molecule has 0 atom stereocenters. The van der Waals surface area contributed by atoms with Gasteiger partial charge in [0.1, 0.15) is 5.56 Å². The second kappa shape index (κ2) is 5.78. The first kappa shape index (κ1) is 12.9. The number of carbonyl (C=O) groups excluding carboxylic acids is 1. The Bertz CT molecular complexity index is 437. The maximum atomic E-state index is 13.5. The Morgan fingerprint density at radius 3 is 2.82 bits per heavy atom. The highest BCUT2D eigenvalue weighted by Gasteiger charge is 2.14. The maximum Gasteiger partial charge on any atom is 0.338 e. The number of nitrogens with one attached hydrogen (secondary N) is 2. The van der Waals surface area contributed by atoms with Gasteiger partial charge < -0.3 is 15.7 Å². The van der Waals surface area contributed by atoms with E-state index in [1.165, 1.54) is 13.2 Å². The van der Waals surface area contributed by atoms with E-state index in [1.54, 1.807) is 0 Å². The second-order valence-electron chi connectivity index (χ2n) is 3.18. The van der Waals surface area contributed by atoms with Crippen molar-refractivity contribution >= 4 is 17.7 Å². The number of carboxylic acids is 1. The van der Waals surface area contributed by atoms with Crippen LogP contribution in [0.25, 0.3) is 0 Å². The van der Waals surface area contributed by atoms with Gasteiger partial charge in [-0.05, 0) is 6.07 Å². The Morgan fingerprint density at radius 1 is 1.53 bits per heavy atom. The van der Waals surface area contributed by atoms with Gasteiger partial charge in [0.05, 0.1) is 0 Å². The van der Waals surface area contributed by atoms with Crippen molar-refractivity contribution in [3.8, 4) is 0 Å². The largest absolute Gasteiger partial charge is 0.478 e. The molecule has 1 aromatic rings. The number of pyridine rings is 1. The van der Waals surface area contributed by atoms with Crippen LogP contribution in [0.1, 0.15) is 16.8 Å². The number of anilines is 1. The summed E-state index contributed by atoms with van der Waals surface area (Å²) in [6, 6.07) is 1.07. The van der Waals surface area contributed by atoms with Gasteiger partial charge in [0.2, 0.25) is 5.91 Å². The van der Waals surface area contributed by atoms with Crippen LogP contribution in [-0.2, 0) is 4.79 Å². The fraction of sp³-hybridized carbons (Fsp3) is 0.300. The Morgan fingerprint density at radius 2 is 2.24 bits per heavy atom. The number of nitrogens with zero attached hydrogens (tertiary/aromatic N) is 1. The van der Waals surface area contributed by atoms with Gasteiger partial charge in [0.25, 0.3) is 0 Å². The number of hydrogen-bond donors (Lipinski definition) is 3. The van der Waals surface area contributed by atoms with Crippen LogP contribution in [0.4, 0.5) is 10.2 Å². The second-order valence-corrected chi connectivity index (χ2v) is 3.18. The summed E-state index contributed by atoms with van der Waals surface area (Å²) in [5.74, 6) is -2.67. The Kier molecular flexibility index (Phi) is 4.38. The van der Waals surface area contributed by atoms with Crippen molar-refractivity contribution in [2.45, 2.75) is 6.42 Å². The van der Waals surface area contributed by atoms with Gasteiger partial charge in [0, 0.05) is 26.2 Å². The van der Waals surface area contributed by atoms with Gasteiger partial charge in [0.15, 0.2) is 11.6 Å². The molecule has 0 aliphatic heterocycles. The molecule has 0 fully saturated rings. The lowest BCUT2D eigenvalue weighted by atomic mass is 10.2. The number of carboxylic acid groups (broad SMARTS) is 1. The lowest BCUT2D eigenvalue weighted by Gasteiger charge is -2.07. The van der Waals surface area contributed by atoms with Gasteiger partial charge in [-0.25, -0.2) is 14.2 Å². The summed E-state index contributed by atoms with van der Waals surface area (Å²) in [6.45, 7) is 0.173. The SMILES string of the molecule is CNC(=O)CCNc1nccc(C(=O)O)c1F. The molecule has 0 aliphatic rings. The first-order valence-corrected chi connectivity index (χ1v) is 4.88. The fourth-order valence-corrected chi connectivity index (χ4v) is 1.15. The smallest absolute Gasteiger partial charge is 0.338 e. The molecular weight excluding hydrogens is 229 g/mol. The molecule has 0 radical (unpaired) electrons. The molecule has 1 aromatic heterocycles. The first-order valence-electron chi connectivity index (χ1n) is 4.88. The van der Waals surface area contributed by atoms with Crippen molar-refractivity contribution in [1.29, 1.82) is 0 Å². The highest BCUT2D eigenvalue weighted by atomic mass is 19.1. The standard InChI is InChI=1S/C10H12FN3O3/c1-12-7(15)3-5-14-9-8(11)6(10(16)17)2-4-13-9/h2,4H,3,5H2,1H3,(H,12,15)(H,13,14)(H,16,17). The van der Waals surface area contributed by atoms with E-state index in [2.05, 4.69) is 15.6 Å². The van der Waals surface area contributed by atoms with Crippen LogP contribution in [0, 0.1) is 5.82 Å². The highest BCUT2D eigenvalue weighted by molar-refractivity contribution is 5.88. The molecule has 3 N–H and O–H groups in total. The van der Waals surface area contributed by atoms with Crippen LogP contribution >= 0.6 is 0 Å². The van der Waals surface area contributed by atoms with Crippen LogP contribution in [-0.4, -0.2) is 35.6 Å². The van der Waals surface area contributed by atoms with Crippen molar-refractivity contribution in [3.05, 3.63) is 23.6 Å². The molecule has 0 bridgehead atoms. The molecule has 92 valence electrons. The van der Waals surface area contributed by atoms with Gasteiger partial charge in [-0.1, -0.05) is 0 Å². The minimum Gasteiger partial charge on any atom is -0.478 e. The van der Waals surface area contributed by atoms with E-state index in [-0.39, 0.29) is 24.7 Å². The third-order valence-corrected chi connectivity index (χ3v) is 2.04. The molecule has 0 aromatic carbocycles. The van der Waals surface area contributed by atoms with Crippen LogP contribution in [0.5, 0.6) is 0 Å². The molecule has 17 heavy (non-hydrogen) atoms. The molecule has 1 amide bonds. The van der Waals surface area contributed by atoms with Crippen molar-refractivity contribution in [2.75, 3.05) is 18.9 Å². The quantitative estimate of drug-likeness (QED) is 0.697. The minimum atomic E-state index is -1.36. The van der Waals surface area contributed by atoms with Crippen molar-refractivity contribution in [1.82, 2.24) is 10.3 Å². The van der Waals surface area contributed by atoms with Crippen LogP contribution in [0.2, 0.25) is 0 Å². The topological polar surface area (TPSA) is 91.3 Å². The normalized spacial score (nSPS) is 9.76. The highest BCUT2D eigenvalue weighted by Crippen LogP contribution is 2.14. The predicted molar refractivity (Wildman–Crippen MR) is 58.3 cm³/mol. The van der Waals surface area contributed by atoms with Crippen molar-refractivity contribution in [3.63, 3.8) is 0 Å². The summed E-state index contributed by atoms with van der Waals surface area (Å²) in [6.07, 6.45) is 1.34. The minimum absolute atomic E-state index is 0.148. The molecular formula is C10H12FN3O3. The molecule has 0 unspecified atom stereocenters. The number of halogens is 1. The van der Waals surface area contributed by atoms with E-state index in [9.17, 15) is 14.0 Å². The number of aromatic nitrogens is 1. The zero-order valence-electron chi connectivity index (χ0n) is 9.16. The summed E-state index contributed by atoms with van der Waals surface area (Å²) in [7, 11) is 1.49. The number of aromatic carboxylic acids is 1. The predicted octanol–water partition coefficient (Wildman–Crippen LogP) is 0.467. The van der Waals surface area contributed by atoms with Crippen LogP contribution in [0.3, 0.4) is 0 Å². The third kappa shape index (κ3) is 3.40. The lowest BCUT2D eigenvalue weighted by Crippen LogP contribution is -2.21. The molecule has 0 saturated heterocycles. The van der Waals surface area contributed by atoms with E-state index in [0.717, 1.165) is 6.07 Å². The Balaban J connectivity index is 2.69. The van der Waals surface area contributed by atoms with E-state index >= 15 is 0 Å². The maximum absolute atomic E-state index is 13.5. The van der Waals surface area contributed by atoms with E-state index in [1.807, 2.05) is 0 Å². The number of rotatable bonds is 5. The average Bonchev–Trinajstić information content (AvgIpc) is 2.30. The van der Waals surface area contributed by atoms with Crippen molar-refractivity contribution < 1.29 is 19.1 Å². The van der Waals surface area contributed by atoms with Gasteiger partial charge in [-0.15, -0.1) is 0 Å². The number of amides is 1. The lowest BCUT2D eigenvalue weighted by molar-refractivity contribution is -0.120. The van der Waals surface area contributed by atoms with Gasteiger partial charge in [-0.3, -0.25) is 4.79 Å². The van der Waals surface area contributed by atoms with E-state index in [0.29, 0.717) is 0 Å². The van der Waals surface area contributed by atoms with E-state index in [4.69, 9.17) is 5.11 Å². The summed E-state index contributed by atoms with van der Waals surface area (Å²) < 4.78 is 13.5. The molecule has 1 rings (SSSR count). The van der Waals surface area contributed by atoms with Gasteiger partial charge in [-0.2, -0.15) is 0 Å². The zero-order valence-corrected chi connectivity index (χ0v) is 9.16. The van der Waals surface area contributed by atoms with Crippen molar-refractivity contribution in [2.24, 2.45) is 0 Å². The summed E-state index contributed by atoms with van der Waals surface area (Å²) in [4.78, 5) is 25.2. The summed E-state index contributed by atoms with van der Waals surface area (Å²) in [5.41, 5.74) is -0.456. The van der Waals surface area contributed by atoms with Crippen LogP contribution < -0.4 is 10.6 Å². The molecule has 7 heteroatoms. The monoisotopic (exact) mass is 241 g/mol. The third-order valence-electron chi connectivity index (χ3n) is 2.04.